The molecule has 10 aromatic rings. The van der Waals surface area contributed by atoms with Crippen molar-refractivity contribution < 1.29 is 21.1 Å². The molecule has 4 aromatic heterocycles. The van der Waals surface area contributed by atoms with Gasteiger partial charge in [0.25, 0.3) is 0 Å². The van der Waals surface area contributed by atoms with Crippen LogP contribution in [0.3, 0.4) is 0 Å². The second-order valence-corrected chi connectivity index (χ2v) is 16.7. The quantitative estimate of drug-likeness (QED) is 0.165. The van der Waals surface area contributed by atoms with Gasteiger partial charge in [-0.15, -0.1) is 34.8 Å². The van der Waals surface area contributed by atoms with Crippen LogP contribution in [-0.2, 0) is 31.9 Å². The minimum Gasteiger partial charge on any atom is -0.656 e. The van der Waals surface area contributed by atoms with Crippen LogP contribution in [0.15, 0.2) is 140 Å². The summed E-state index contributed by atoms with van der Waals surface area (Å²) in [6.45, 7) is 13.6. The van der Waals surface area contributed by atoms with Crippen molar-refractivity contribution >= 4 is 54.6 Å². The molecule has 0 atom stereocenters. The predicted octanol–water partition coefficient (Wildman–Crippen LogP) is 12.5. The molecule has 0 aliphatic carbocycles. The van der Waals surface area contributed by atoms with Crippen molar-refractivity contribution in [1.29, 1.82) is 0 Å². The van der Waals surface area contributed by atoms with E-state index in [4.69, 9.17) is 15.0 Å². The molecule has 0 aliphatic rings. The monoisotopic (exact) mass is 906 g/mol. The Hall–Kier alpha value is -5.77. The van der Waals surface area contributed by atoms with Gasteiger partial charge in [0.2, 0.25) is 0 Å². The first-order valence-corrected chi connectivity index (χ1v) is 19.0. The molecule has 0 spiro atoms. The van der Waals surface area contributed by atoms with E-state index in [1.165, 1.54) is 16.5 Å². The molecule has 0 N–H and O–H groups in total. The maximum atomic E-state index is 5.64. The average Bonchev–Trinajstić information content (AvgIpc) is 3.87. The second kappa shape index (κ2) is 13.2. The van der Waals surface area contributed by atoms with Gasteiger partial charge in [0.1, 0.15) is 11.6 Å². The second-order valence-electron chi connectivity index (χ2n) is 16.7. The van der Waals surface area contributed by atoms with Gasteiger partial charge in [0.05, 0.1) is 11.0 Å². The van der Waals surface area contributed by atoms with Gasteiger partial charge in [-0.3, -0.25) is 4.57 Å². The number of aromatic nitrogens is 5. The number of hydrogen-bond acceptors (Lipinski definition) is 2. The molecule has 0 aliphatic heterocycles. The largest absolute Gasteiger partial charge is 2.00 e. The average molecular weight is 907 g/mol. The van der Waals surface area contributed by atoms with Crippen LogP contribution in [0.25, 0.3) is 88.7 Å². The summed E-state index contributed by atoms with van der Waals surface area (Å²) >= 11 is 0. The van der Waals surface area contributed by atoms with Gasteiger partial charge in [0, 0.05) is 23.0 Å². The fraction of sp³-hybridized carbons (Fsp3) is 0.160. The molecule has 6 heteroatoms. The van der Waals surface area contributed by atoms with E-state index >= 15 is 0 Å². The third kappa shape index (κ3) is 5.71. The van der Waals surface area contributed by atoms with Crippen LogP contribution in [0.5, 0.6) is 0 Å². The number of rotatable bonds is 4. The molecule has 4 heterocycles. The van der Waals surface area contributed by atoms with Crippen molar-refractivity contribution in [2.45, 2.75) is 52.4 Å². The third-order valence-corrected chi connectivity index (χ3v) is 11.1. The normalized spacial score (nSPS) is 12.3. The van der Waals surface area contributed by atoms with E-state index in [2.05, 4.69) is 178 Å². The zero-order valence-electron chi connectivity index (χ0n) is 32.3. The van der Waals surface area contributed by atoms with Crippen molar-refractivity contribution in [2.75, 3.05) is 0 Å². The number of fused-ring (bicyclic) bond motifs is 7. The summed E-state index contributed by atoms with van der Waals surface area (Å²) in [5.74, 6) is 1.73. The van der Waals surface area contributed by atoms with Crippen molar-refractivity contribution in [3.8, 4) is 34.0 Å². The summed E-state index contributed by atoms with van der Waals surface area (Å²) in [5, 5.41) is 4.59. The Labute approximate surface area is 341 Å². The van der Waals surface area contributed by atoms with Crippen LogP contribution in [0.1, 0.15) is 52.7 Å². The Balaban J connectivity index is 0.00000410. The molecule has 0 saturated carbocycles. The van der Waals surface area contributed by atoms with Crippen LogP contribution in [-0.4, -0.2) is 19.1 Å². The van der Waals surface area contributed by atoms with E-state index < -0.39 is 0 Å². The van der Waals surface area contributed by atoms with Crippen molar-refractivity contribution in [3.05, 3.63) is 157 Å². The number of hydrogen-bond donors (Lipinski definition) is 0. The first-order valence-electron chi connectivity index (χ1n) is 19.0. The van der Waals surface area contributed by atoms with Crippen LogP contribution < -0.4 is 4.98 Å². The Morgan fingerprint density at radius 1 is 0.571 bits per heavy atom. The molecule has 0 unspecified atom stereocenters. The van der Waals surface area contributed by atoms with E-state index in [-0.39, 0.29) is 31.9 Å². The molecule has 6 aromatic carbocycles. The smallest absolute Gasteiger partial charge is 0.656 e. The number of imidazole rings is 1. The van der Waals surface area contributed by atoms with E-state index in [1.54, 1.807) is 0 Å². The molecule has 56 heavy (non-hydrogen) atoms. The van der Waals surface area contributed by atoms with Gasteiger partial charge >= 0.3 is 21.1 Å². The zero-order chi connectivity index (χ0) is 37.6. The first kappa shape index (κ1) is 35.9. The molecule has 5 nitrogen and oxygen atoms in total. The van der Waals surface area contributed by atoms with Gasteiger partial charge in [-0.2, -0.15) is 0 Å². The van der Waals surface area contributed by atoms with E-state index in [1.807, 2.05) is 18.3 Å². The summed E-state index contributed by atoms with van der Waals surface area (Å²) in [5.41, 5.74) is 12.5. The number of pyridine rings is 1. The molecule has 10 rings (SSSR count). The Kier molecular flexibility index (Phi) is 8.45. The van der Waals surface area contributed by atoms with Crippen LogP contribution >= 0.6 is 0 Å². The van der Waals surface area contributed by atoms with Crippen molar-refractivity contribution in [3.63, 3.8) is 0 Å². The number of benzene rings is 6. The molecule has 0 radical (unpaired) electrons. The van der Waals surface area contributed by atoms with Gasteiger partial charge in [-0.1, -0.05) is 137 Å². The first-order chi connectivity index (χ1) is 26.5. The summed E-state index contributed by atoms with van der Waals surface area (Å²) in [4.78, 5) is 15.6. The minimum atomic E-state index is -0.133. The maximum absolute atomic E-state index is 5.64. The van der Waals surface area contributed by atoms with Gasteiger partial charge in [0.15, 0.2) is 0 Å². The predicted molar refractivity (Wildman–Crippen MR) is 229 cm³/mol. The number of para-hydroxylation sites is 3. The molecule has 0 saturated heterocycles. The summed E-state index contributed by atoms with van der Waals surface area (Å²) in [7, 11) is 0. The Bertz CT molecular complexity index is 3100. The fourth-order valence-corrected chi connectivity index (χ4v) is 8.12. The number of nitrogens with zero attached hydrogens (tertiary/aromatic N) is 5. The minimum absolute atomic E-state index is 0. The SMILES string of the molecule is CC(C)(C)c1ccc(-n2c(-c3cccc4c3[n-]c3ccccc34)nc3c(-c4[c-]c5c(cc4)c4ccccc4n5-c4ccccn4)cc(C(C)(C)C)cc32)cc1.[Pt+2]. The standard InChI is InChI=1S/C50H41N5.Pt/c1-49(2,3)32-22-24-34(25-23-32)54-44-30-33(50(4,5)6)29-40(47(44)53-48(54)39-17-13-16-38-35-14-7-9-18-41(35)52-46(38)39)31-21-26-37-36-15-8-10-19-42(36)55(43(37)28-31)45-20-11-12-27-51-45;/h7-27,29-30H,1-6H3;/q-2;+2. The van der Waals surface area contributed by atoms with Crippen LogP contribution in [0, 0.1) is 6.07 Å². The molecular formula is C50H41N5Pt. The van der Waals surface area contributed by atoms with E-state index in [0.29, 0.717) is 0 Å². The zero-order valence-corrected chi connectivity index (χ0v) is 34.6. The van der Waals surface area contributed by atoms with Gasteiger partial charge in [-0.25, -0.2) is 9.97 Å². The summed E-state index contributed by atoms with van der Waals surface area (Å²) < 4.78 is 4.57. The maximum Gasteiger partial charge on any atom is 2.00 e. The fourth-order valence-electron chi connectivity index (χ4n) is 8.12. The summed E-state index contributed by atoms with van der Waals surface area (Å²) in [6, 6.07) is 51.5. The van der Waals surface area contributed by atoms with Crippen molar-refractivity contribution in [1.82, 2.24) is 24.1 Å². The van der Waals surface area contributed by atoms with Crippen LogP contribution in [0.2, 0.25) is 0 Å². The van der Waals surface area contributed by atoms with E-state index in [9.17, 15) is 0 Å². The Morgan fingerprint density at radius 2 is 1.29 bits per heavy atom. The van der Waals surface area contributed by atoms with Crippen LogP contribution in [0.4, 0.5) is 0 Å². The topological polar surface area (TPSA) is 49.7 Å². The molecule has 276 valence electrons. The molecule has 0 amide bonds. The molecule has 0 bridgehead atoms. The van der Waals surface area contributed by atoms with Gasteiger partial charge < -0.3 is 9.55 Å². The van der Waals surface area contributed by atoms with Crippen molar-refractivity contribution in [2.24, 2.45) is 0 Å². The Morgan fingerprint density at radius 3 is 2.04 bits per heavy atom. The molecular weight excluding hydrogens is 866 g/mol. The van der Waals surface area contributed by atoms with E-state index in [0.717, 1.165) is 83.3 Å². The summed E-state index contributed by atoms with van der Waals surface area (Å²) in [6.07, 6.45) is 1.85. The molecule has 0 fully saturated rings. The third-order valence-electron chi connectivity index (χ3n) is 11.1. The van der Waals surface area contributed by atoms with Gasteiger partial charge in [-0.05, 0) is 80.0 Å².